The summed E-state index contributed by atoms with van der Waals surface area (Å²) in [5.41, 5.74) is 0.908. The fourth-order valence-corrected chi connectivity index (χ4v) is 2.61. The van der Waals surface area contributed by atoms with Crippen molar-refractivity contribution in [1.82, 2.24) is 9.13 Å². The number of rotatable bonds is 6. The number of carbonyl (C=O) groups is 2. The van der Waals surface area contributed by atoms with Crippen molar-refractivity contribution in [2.24, 2.45) is 14.1 Å². The van der Waals surface area contributed by atoms with E-state index in [1.165, 1.54) is 0 Å². The summed E-state index contributed by atoms with van der Waals surface area (Å²) in [5, 5.41) is 13.5. The fraction of sp³-hybridized carbons (Fsp3) is 0.222. The van der Waals surface area contributed by atoms with Gasteiger partial charge in [-0.25, -0.2) is 18.3 Å². The molecule has 0 aliphatic rings. The molecule has 9 nitrogen and oxygen atoms in total. The Labute approximate surface area is 156 Å². The second-order valence-electron chi connectivity index (χ2n) is 6.30. The smallest absolute Gasteiger partial charge is 0.292 e. The van der Waals surface area contributed by atoms with Crippen LogP contribution in [0.3, 0.4) is 0 Å². The molecule has 2 aromatic heterocycles. The Hall–Kier alpha value is -3.46. The first kappa shape index (κ1) is 18.3. The molecular formula is C18H22N6O3+2. The minimum atomic E-state index is -0.469. The third-order valence-corrected chi connectivity index (χ3v) is 3.92. The molecule has 2 heterocycles. The number of anilines is 2. The van der Waals surface area contributed by atoms with Crippen molar-refractivity contribution in [3.63, 3.8) is 0 Å². The number of nitrogens with one attached hydrogen (secondary N) is 1. The van der Waals surface area contributed by atoms with E-state index >= 15 is 0 Å². The maximum atomic E-state index is 12.2. The van der Waals surface area contributed by atoms with Gasteiger partial charge in [-0.2, -0.15) is 5.06 Å². The zero-order valence-corrected chi connectivity index (χ0v) is 15.2. The standard InChI is InChI=1S/C18H21N6O3/c1-20-7-9-22(13-20)11-17(25)19-15-3-5-16(6-4-15)24(27)18(26)12-23-10-8-21(2)14-23/h3-10,13-14,27H,11-12H2,1-2H3/q+1/p+1. The molecule has 9 heteroatoms. The lowest BCUT2D eigenvalue weighted by Crippen LogP contribution is -2.31. The monoisotopic (exact) mass is 370 g/mol. The molecule has 0 radical (unpaired) electrons. The van der Waals surface area contributed by atoms with Gasteiger partial charge in [-0.05, 0) is 24.3 Å². The van der Waals surface area contributed by atoms with Gasteiger partial charge in [-0.15, -0.1) is 0 Å². The van der Waals surface area contributed by atoms with Gasteiger partial charge in [0.2, 0.25) is 12.7 Å². The van der Waals surface area contributed by atoms with Gasteiger partial charge in [0.15, 0.2) is 13.1 Å². The third-order valence-electron chi connectivity index (χ3n) is 3.92. The normalized spacial score (nSPS) is 10.6. The van der Waals surface area contributed by atoms with Crippen molar-refractivity contribution < 1.29 is 23.9 Å². The van der Waals surface area contributed by atoms with Gasteiger partial charge in [0.1, 0.15) is 24.8 Å². The number of aromatic nitrogens is 4. The number of imidazole rings is 2. The number of hydroxylamine groups is 1. The molecule has 3 rings (SSSR count). The molecule has 3 aromatic rings. The van der Waals surface area contributed by atoms with Crippen LogP contribution in [0.25, 0.3) is 0 Å². The summed E-state index contributed by atoms with van der Waals surface area (Å²) in [4.78, 5) is 24.2. The van der Waals surface area contributed by atoms with Crippen LogP contribution in [0.1, 0.15) is 0 Å². The highest BCUT2D eigenvalue weighted by atomic mass is 16.5. The first-order chi connectivity index (χ1) is 12.9. The quantitative estimate of drug-likeness (QED) is 0.364. The van der Waals surface area contributed by atoms with Crippen molar-refractivity contribution in [2.45, 2.75) is 13.1 Å². The number of hydrogen-bond acceptors (Lipinski definition) is 3. The average molecular weight is 370 g/mol. The lowest BCUT2D eigenvalue weighted by atomic mass is 10.2. The van der Waals surface area contributed by atoms with Crippen LogP contribution >= 0.6 is 0 Å². The summed E-state index contributed by atoms with van der Waals surface area (Å²) < 4.78 is 7.09. The number of nitrogens with zero attached hydrogens (tertiary/aromatic N) is 5. The van der Waals surface area contributed by atoms with Gasteiger partial charge in [-0.3, -0.25) is 14.8 Å². The van der Waals surface area contributed by atoms with Crippen LogP contribution in [0.2, 0.25) is 0 Å². The summed E-state index contributed by atoms with van der Waals surface area (Å²) in [6.07, 6.45) is 10.8. The van der Waals surface area contributed by atoms with Crippen molar-refractivity contribution in [3.8, 4) is 0 Å². The minimum absolute atomic E-state index is 0.0180. The van der Waals surface area contributed by atoms with Gasteiger partial charge in [0.05, 0.1) is 19.8 Å². The van der Waals surface area contributed by atoms with E-state index in [0.717, 1.165) is 0 Å². The summed E-state index contributed by atoms with van der Waals surface area (Å²) in [6, 6.07) is 6.40. The Morgan fingerprint density at radius 3 is 2.07 bits per heavy atom. The maximum Gasteiger partial charge on any atom is 0.292 e. The van der Waals surface area contributed by atoms with E-state index in [1.807, 2.05) is 37.4 Å². The number of carbonyl (C=O) groups excluding carboxylic acids is 2. The highest BCUT2D eigenvalue weighted by molar-refractivity contribution is 5.92. The van der Waals surface area contributed by atoms with Crippen LogP contribution < -0.4 is 19.5 Å². The van der Waals surface area contributed by atoms with E-state index < -0.39 is 5.91 Å². The molecule has 0 bridgehead atoms. The highest BCUT2D eigenvalue weighted by Gasteiger charge is 2.17. The highest BCUT2D eigenvalue weighted by Crippen LogP contribution is 2.17. The van der Waals surface area contributed by atoms with E-state index in [0.29, 0.717) is 16.4 Å². The second kappa shape index (κ2) is 7.83. The first-order valence-electron chi connectivity index (χ1n) is 8.34. The molecule has 0 spiro atoms. The Morgan fingerprint density at radius 2 is 1.56 bits per heavy atom. The SMILES string of the molecule is C[n+]1ccn(CC(=O)Nc2ccc(N(O)C(=O)Cn3cc[n+](C)c3)cc2)c1. The van der Waals surface area contributed by atoms with Crippen LogP contribution in [-0.4, -0.2) is 26.2 Å². The van der Waals surface area contributed by atoms with Gasteiger partial charge in [-0.1, -0.05) is 0 Å². The molecule has 0 unspecified atom stereocenters. The summed E-state index contributed by atoms with van der Waals surface area (Å²) in [6.45, 7) is 0.214. The number of hydrogen-bond donors (Lipinski definition) is 2. The number of amides is 2. The predicted octanol–water partition coefficient (Wildman–Crippen LogP) is -0.000300. The van der Waals surface area contributed by atoms with E-state index in [2.05, 4.69) is 5.32 Å². The molecule has 0 saturated carbocycles. The first-order valence-corrected chi connectivity index (χ1v) is 8.34. The molecule has 2 amide bonds. The Morgan fingerprint density at radius 1 is 1.00 bits per heavy atom. The zero-order valence-electron chi connectivity index (χ0n) is 15.2. The van der Waals surface area contributed by atoms with Gasteiger partial charge in [0, 0.05) is 5.69 Å². The van der Waals surface area contributed by atoms with Gasteiger partial charge < -0.3 is 5.32 Å². The molecule has 0 fully saturated rings. The van der Waals surface area contributed by atoms with Gasteiger partial charge >= 0.3 is 0 Å². The molecular weight excluding hydrogens is 348 g/mol. The van der Waals surface area contributed by atoms with E-state index in [9.17, 15) is 14.8 Å². The van der Waals surface area contributed by atoms with E-state index in [-0.39, 0.29) is 19.0 Å². The average Bonchev–Trinajstić information content (AvgIpc) is 3.22. The molecule has 0 saturated heterocycles. The summed E-state index contributed by atoms with van der Waals surface area (Å²) >= 11 is 0. The Balaban J connectivity index is 1.57. The number of aryl methyl sites for hydroxylation is 2. The zero-order chi connectivity index (χ0) is 19.4. The predicted molar refractivity (Wildman–Crippen MR) is 95.6 cm³/mol. The molecule has 0 aliphatic heterocycles. The van der Waals surface area contributed by atoms with Gasteiger partial charge in [0.25, 0.3) is 11.8 Å². The van der Waals surface area contributed by atoms with E-state index in [4.69, 9.17) is 0 Å². The van der Waals surface area contributed by atoms with Crippen molar-refractivity contribution in [1.29, 1.82) is 0 Å². The lowest BCUT2D eigenvalue weighted by molar-refractivity contribution is -0.671. The molecule has 0 aliphatic carbocycles. The van der Waals surface area contributed by atoms with Crippen molar-refractivity contribution in [2.75, 3.05) is 10.4 Å². The molecule has 140 valence electrons. The Bertz CT molecular complexity index is 944. The topological polar surface area (TPSA) is 87.3 Å². The minimum Gasteiger partial charge on any atom is -0.323 e. The molecule has 2 N–H and O–H groups in total. The Kier molecular flexibility index (Phi) is 5.32. The van der Waals surface area contributed by atoms with Crippen LogP contribution in [-0.2, 0) is 36.8 Å². The molecule has 27 heavy (non-hydrogen) atoms. The fourth-order valence-electron chi connectivity index (χ4n) is 2.61. The third kappa shape index (κ3) is 4.79. The largest absolute Gasteiger partial charge is 0.323 e. The lowest BCUT2D eigenvalue weighted by Gasteiger charge is -2.14. The van der Waals surface area contributed by atoms with Crippen LogP contribution in [0.4, 0.5) is 11.4 Å². The second-order valence-corrected chi connectivity index (χ2v) is 6.30. The maximum absolute atomic E-state index is 12.2. The van der Waals surface area contributed by atoms with Crippen LogP contribution in [0.15, 0.2) is 61.7 Å². The summed E-state index contributed by atoms with van der Waals surface area (Å²) in [7, 11) is 3.73. The summed E-state index contributed by atoms with van der Waals surface area (Å²) in [5.74, 6) is -0.639. The number of benzene rings is 1. The van der Waals surface area contributed by atoms with Crippen molar-refractivity contribution in [3.05, 3.63) is 61.7 Å². The van der Waals surface area contributed by atoms with Crippen molar-refractivity contribution >= 4 is 23.2 Å². The van der Waals surface area contributed by atoms with Crippen LogP contribution in [0.5, 0.6) is 0 Å². The van der Waals surface area contributed by atoms with Crippen LogP contribution in [0, 0.1) is 0 Å². The van der Waals surface area contributed by atoms with E-state index in [1.54, 1.807) is 56.7 Å². The molecule has 0 atom stereocenters. The molecule has 1 aromatic carbocycles.